The Morgan fingerprint density at radius 1 is 1.06 bits per heavy atom. The lowest BCUT2D eigenvalue weighted by molar-refractivity contribution is -0.132. The van der Waals surface area contributed by atoms with Crippen LogP contribution in [0, 0.1) is 0 Å². The zero-order chi connectivity index (χ0) is 25.3. The van der Waals surface area contributed by atoms with Gasteiger partial charge < -0.3 is 19.8 Å². The molecule has 4 rings (SSSR count). The van der Waals surface area contributed by atoms with Gasteiger partial charge in [-0.05, 0) is 61.0 Å². The number of ether oxygens (including phenoxy) is 1. The number of amides is 1. The van der Waals surface area contributed by atoms with Gasteiger partial charge in [0.2, 0.25) is 0 Å². The van der Waals surface area contributed by atoms with Crippen molar-refractivity contribution in [2.45, 2.75) is 13.0 Å². The van der Waals surface area contributed by atoms with E-state index in [1.165, 1.54) is 17.0 Å². The van der Waals surface area contributed by atoms with Crippen molar-refractivity contribution in [3.8, 4) is 11.5 Å². The van der Waals surface area contributed by atoms with E-state index in [1.807, 2.05) is 31.1 Å². The fourth-order valence-corrected chi connectivity index (χ4v) is 4.28. The molecule has 7 nitrogen and oxygen atoms in total. The minimum absolute atomic E-state index is 0.0715. The van der Waals surface area contributed by atoms with Crippen LogP contribution in [0.4, 0.5) is 11.4 Å². The number of nitrogens with zero attached hydrogens (tertiary/aromatic N) is 2. The molecule has 2 N–H and O–H groups in total. The van der Waals surface area contributed by atoms with Crippen molar-refractivity contribution in [3.05, 3.63) is 88.5 Å². The second-order valence-corrected chi connectivity index (χ2v) is 8.69. The fraction of sp³-hybridized carbons (Fsp3) is 0.185. The van der Waals surface area contributed by atoms with Crippen molar-refractivity contribution in [2.24, 2.45) is 0 Å². The number of aliphatic hydroxyl groups is 1. The zero-order valence-electron chi connectivity index (χ0n) is 19.5. The molecule has 35 heavy (non-hydrogen) atoms. The highest BCUT2D eigenvalue weighted by Gasteiger charge is 2.47. The van der Waals surface area contributed by atoms with Gasteiger partial charge in [0.25, 0.3) is 11.7 Å². The minimum Gasteiger partial charge on any atom is -0.507 e. The van der Waals surface area contributed by atoms with Crippen LogP contribution < -0.4 is 14.5 Å². The normalized spacial score (nSPS) is 17.0. The van der Waals surface area contributed by atoms with E-state index >= 15 is 0 Å². The van der Waals surface area contributed by atoms with Crippen molar-refractivity contribution >= 4 is 40.4 Å². The molecule has 0 saturated carbocycles. The van der Waals surface area contributed by atoms with E-state index in [0.717, 1.165) is 5.69 Å². The largest absolute Gasteiger partial charge is 0.507 e. The summed E-state index contributed by atoms with van der Waals surface area (Å²) in [5.74, 6) is -1.80. The molecule has 1 heterocycles. The molecule has 3 aromatic carbocycles. The van der Waals surface area contributed by atoms with Crippen molar-refractivity contribution in [2.75, 3.05) is 30.5 Å². The van der Waals surface area contributed by atoms with Gasteiger partial charge >= 0.3 is 0 Å². The molecule has 0 bridgehead atoms. The van der Waals surface area contributed by atoms with Crippen LogP contribution in [-0.2, 0) is 9.59 Å². The molecule has 1 aliphatic heterocycles. The standard InChI is InChI=1S/C27H25ClN2O5/c1-4-35-22-15-16(8-13-21(22)31)24-23(25(32)17-6-5-7-18(28)14-17)26(33)27(34)30(24)20-11-9-19(10-12-20)29(2)3/h5-15,24,31-32H,4H2,1-3H3/b25-23-. The predicted octanol–water partition coefficient (Wildman–Crippen LogP) is 5.14. The smallest absolute Gasteiger partial charge is 0.300 e. The number of carbonyl (C=O) groups is 2. The summed E-state index contributed by atoms with van der Waals surface area (Å²) >= 11 is 6.11. The zero-order valence-corrected chi connectivity index (χ0v) is 20.3. The number of rotatable bonds is 6. The molecule has 8 heteroatoms. The number of hydrogen-bond donors (Lipinski definition) is 2. The van der Waals surface area contributed by atoms with Crippen molar-refractivity contribution in [1.29, 1.82) is 0 Å². The Morgan fingerprint density at radius 2 is 1.77 bits per heavy atom. The summed E-state index contributed by atoms with van der Waals surface area (Å²) in [6.07, 6.45) is 0. The Labute approximate surface area is 208 Å². The second-order valence-electron chi connectivity index (χ2n) is 8.25. The SMILES string of the molecule is CCOc1cc(C2/C(=C(/O)c3cccc(Cl)c3)C(=O)C(=O)N2c2ccc(N(C)C)cc2)ccc1O. The molecule has 1 amide bonds. The van der Waals surface area contributed by atoms with Crippen molar-refractivity contribution in [3.63, 3.8) is 0 Å². The fourth-order valence-electron chi connectivity index (χ4n) is 4.09. The van der Waals surface area contributed by atoms with Crippen LogP contribution in [0.15, 0.2) is 72.3 Å². The number of phenols is 1. The number of Topliss-reactive ketones (excluding diaryl/α,β-unsaturated/α-hetero) is 1. The average Bonchev–Trinajstić information content (AvgIpc) is 3.10. The molecule has 3 aromatic rings. The van der Waals surface area contributed by atoms with E-state index in [-0.39, 0.29) is 22.8 Å². The van der Waals surface area contributed by atoms with Crippen LogP contribution in [0.5, 0.6) is 11.5 Å². The third-order valence-electron chi connectivity index (χ3n) is 5.79. The second kappa shape index (κ2) is 9.72. The van der Waals surface area contributed by atoms with Gasteiger partial charge in [0.1, 0.15) is 5.76 Å². The highest BCUT2D eigenvalue weighted by molar-refractivity contribution is 6.51. The van der Waals surface area contributed by atoms with Crippen LogP contribution >= 0.6 is 11.6 Å². The molecule has 0 radical (unpaired) electrons. The molecule has 1 unspecified atom stereocenters. The molecule has 1 saturated heterocycles. The van der Waals surface area contributed by atoms with Crippen molar-refractivity contribution < 1.29 is 24.5 Å². The molecule has 0 spiro atoms. The van der Waals surface area contributed by atoms with Gasteiger partial charge in [-0.25, -0.2) is 0 Å². The summed E-state index contributed by atoms with van der Waals surface area (Å²) < 4.78 is 5.53. The van der Waals surface area contributed by atoms with Gasteiger partial charge in [-0.15, -0.1) is 0 Å². The van der Waals surface area contributed by atoms with E-state index in [4.69, 9.17) is 16.3 Å². The Morgan fingerprint density at radius 3 is 2.40 bits per heavy atom. The number of halogens is 1. The van der Waals surface area contributed by atoms with Gasteiger partial charge in [-0.3, -0.25) is 14.5 Å². The summed E-state index contributed by atoms with van der Waals surface area (Å²) in [7, 11) is 3.80. The van der Waals surface area contributed by atoms with Crippen molar-refractivity contribution in [1.82, 2.24) is 0 Å². The molecule has 1 aliphatic rings. The molecule has 0 aromatic heterocycles. The first-order valence-electron chi connectivity index (χ1n) is 11.0. The molecule has 1 atom stereocenters. The minimum atomic E-state index is -0.959. The van der Waals surface area contributed by atoms with Crippen LogP contribution in [0.25, 0.3) is 5.76 Å². The lowest BCUT2D eigenvalue weighted by Gasteiger charge is -2.26. The Balaban J connectivity index is 1.94. The Bertz CT molecular complexity index is 1320. The number of hydrogen-bond acceptors (Lipinski definition) is 6. The number of anilines is 2. The Kier molecular flexibility index (Phi) is 6.71. The number of phenolic OH excluding ortho intramolecular Hbond substituents is 1. The Hall–Kier alpha value is -3.97. The maximum absolute atomic E-state index is 13.3. The summed E-state index contributed by atoms with van der Waals surface area (Å²) in [6, 6.07) is 17.3. The summed E-state index contributed by atoms with van der Waals surface area (Å²) in [4.78, 5) is 29.9. The quantitative estimate of drug-likeness (QED) is 0.281. The maximum atomic E-state index is 13.3. The van der Waals surface area contributed by atoms with Crippen LogP contribution in [0.3, 0.4) is 0 Å². The average molecular weight is 493 g/mol. The number of aromatic hydroxyl groups is 1. The van der Waals surface area contributed by atoms with Gasteiger partial charge in [-0.1, -0.05) is 29.8 Å². The third-order valence-corrected chi connectivity index (χ3v) is 6.02. The maximum Gasteiger partial charge on any atom is 0.300 e. The van der Waals surface area contributed by atoms with Gasteiger partial charge in [0.05, 0.1) is 18.2 Å². The van der Waals surface area contributed by atoms with Gasteiger partial charge in [-0.2, -0.15) is 0 Å². The molecular formula is C27H25ClN2O5. The highest BCUT2D eigenvalue weighted by Crippen LogP contribution is 2.44. The molecule has 0 aliphatic carbocycles. The molecule has 1 fully saturated rings. The number of carbonyl (C=O) groups excluding carboxylic acids is 2. The third kappa shape index (κ3) is 4.55. The summed E-state index contributed by atoms with van der Waals surface area (Å²) in [5, 5.41) is 21.8. The monoisotopic (exact) mass is 492 g/mol. The first kappa shape index (κ1) is 24.2. The topological polar surface area (TPSA) is 90.3 Å². The first-order chi connectivity index (χ1) is 16.7. The van der Waals surface area contributed by atoms with E-state index in [1.54, 1.807) is 49.4 Å². The first-order valence-corrected chi connectivity index (χ1v) is 11.4. The molecule has 180 valence electrons. The number of benzene rings is 3. The number of aliphatic hydroxyl groups excluding tert-OH is 1. The lowest BCUT2D eigenvalue weighted by Crippen LogP contribution is -2.29. The van der Waals surface area contributed by atoms with E-state index in [2.05, 4.69) is 0 Å². The molecular weight excluding hydrogens is 468 g/mol. The van der Waals surface area contributed by atoms with Gasteiger partial charge in [0, 0.05) is 36.1 Å². The predicted molar refractivity (Wildman–Crippen MR) is 136 cm³/mol. The van der Waals surface area contributed by atoms with E-state index in [0.29, 0.717) is 28.4 Å². The summed E-state index contributed by atoms with van der Waals surface area (Å²) in [6.45, 7) is 2.09. The van der Waals surface area contributed by atoms with E-state index in [9.17, 15) is 19.8 Å². The van der Waals surface area contributed by atoms with Crippen LogP contribution in [0.1, 0.15) is 24.1 Å². The lowest BCUT2D eigenvalue weighted by atomic mass is 9.94. The van der Waals surface area contributed by atoms with Crippen LogP contribution in [0.2, 0.25) is 5.02 Å². The summed E-state index contributed by atoms with van der Waals surface area (Å²) in [5.41, 5.74) is 2.13. The van der Waals surface area contributed by atoms with Crippen LogP contribution in [-0.4, -0.2) is 42.6 Å². The van der Waals surface area contributed by atoms with Gasteiger partial charge in [0.15, 0.2) is 11.5 Å². The highest BCUT2D eigenvalue weighted by atomic mass is 35.5. The number of ketones is 1. The van der Waals surface area contributed by atoms with E-state index < -0.39 is 17.7 Å².